The molecule has 0 atom stereocenters. The molecular weight excluding hydrogens is 282 g/mol. The molecule has 0 spiro atoms. The third-order valence-electron chi connectivity index (χ3n) is 2.82. The average molecular weight is 301 g/mol. The second-order valence-corrected chi connectivity index (χ2v) is 6.29. The molecule has 0 aliphatic carbocycles. The van der Waals surface area contributed by atoms with Crippen LogP contribution in [0.25, 0.3) is 0 Å². The Bertz CT molecular complexity index is 560. The zero-order valence-corrected chi connectivity index (χ0v) is 12.4. The maximum absolute atomic E-state index is 11.4. The number of nitro groups is 1. The van der Waals surface area contributed by atoms with Crippen LogP contribution in [0, 0.1) is 10.1 Å². The first-order chi connectivity index (χ1) is 9.36. The van der Waals surface area contributed by atoms with Gasteiger partial charge in [0, 0.05) is 25.7 Å². The molecule has 20 heavy (non-hydrogen) atoms. The van der Waals surface area contributed by atoms with Gasteiger partial charge in [-0.05, 0) is 12.5 Å². The molecule has 0 saturated heterocycles. The van der Waals surface area contributed by atoms with Crippen LogP contribution in [0.2, 0.25) is 0 Å². The van der Waals surface area contributed by atoms with Gasteiger partial charge in [0.05, 0.1) is 11.2 Å². The Kier molecular flexibility index (Phi) is 5.90. The van der Waals surface area contributed by atoms with Crippen LogP contribution < -0.4 is 5.32 Å². The summed E-state index contributed by atoms with van der Waals surface area (Å²) in [4.78, 5) is 10.4. The molecule has 0 heterocycles. The van der Waals surface area contributed by atoms with E-state index in [0.717, 1.165) is 0 Å². The largest absolute Gasteiger partial charge is 0.379 e. The van der Waals surface area contributed by atoms with Crippen molar-refractivity contribution in [2.75, 3.05) is 31.2 Å². The molecule has 0 amide bonds. The summed E-state index contributed by atoms with van der Waals surface area (Å²) >= 11 is 0. The van der Waals surface area contributed by atoms with Crippen LogP contribution in [-0.4, -0.2) is 43.5 Å². The van der Waals surface area contributed by atoms with Crippen molar-refractivity contribution in [3.05, 3.63) is 34.4 Å². The maximum Gasteiger partial charge on any atom is 0.292 e. The topological polar surface area (TPSA) is 92.5 Å². The quantitative estimate of drug-likeness (QED) is 0.448. The minimum absolute atomic E-state index is 0.0166. The summed E-state index contributed by atoms with van der Waals surface area (Å²) in [5, 5.41) is 13.8. The number of benzene rings is 1. The van der Waals surface area contributed by atoms with E-state index < -0.39 is 14.9 Å². The first kappa shape index (κ1) is 16.4. The first-order valence-corrected chi connectivity index (χ1v) is 8.13. The van der Waals surface area contributed by atoms with Gasteiger partial charge in [-0.15, -0.1) is 0 Å². The molecule has 8 heteroatoms. The zero-order valence-electron chi connectivity index (χ0n) is 11.6. The normalized spacial score (nSPS) is 11.6. The van der Waals surface area contributed by atoms with Crippen molar-refractivity contribution in [3.63, 3.8) is 0 Å². The number of hydrogen-bond acceptors (Lipinski definition) is 5. The molecule has 0 aromatic heterocycles. The van der Waals surface area contributed by atoms with Crippen molar-refractivity contribution in [1.29, 1.82) is 0 Å². The number of hydrogen-bond donors (Lipinski definition) is 1. The molecule has 0 aliphatic heterocycles. The number of para-hydroxylation sites is 2. The Balaban J connectivity index is 2.52. The van der Waals surface area contributed by atoms with Gasteiger partial charge in [-0.3, -0.25) is 10.1 Å². The standard InChI is InChI=1S/C12H19N3O4S/c1-3-14(20(2,18)19)10-6-9-13-11-7-4-5-8-12(11)15(16)17/h4-5,7-8,13H,3,6,9-10H2,1-2H3. The molecule has 0 radical (unpaired) electrons. The lowest BCUT2D eigenvalue weighted by molar-refractivity contribution is -0.384. The second kappa shape index (κ2) is 7.20. The highest BCUT2D eigenvalue weighted by Gasteiger charge is 2.14. The summed E-state index contributed by atoms with van der Waals surface area (Å²) in [6.45, 7) is 3.06. The molecule has 0 aliphatic rings. The molecule has 0 unspecified atom stereocenters. The Morgan fingerprint density at radius 2 is 2.00 bits per heavy atom. The molecule has 0 fully saturated rings. The van der Waals surface area contributed by atoms with Crippen LogP contribution in [0.4, 0.5) is 11.4 Å². The summed E-state index contributed by atoms with van der Waals surface area (Å²) < 4.78 is 24.1. The predicted molar refractivity (Wildman–Crippen MR) is 78.3 cm³/mol. The molecule has 1 N–H and O–H groups in total. The Morgan fingerprint density at radius 1 is 1.35 bits per heavy atom. The molecular formula is C12H19N3O4S. The van der Waals surface area contributed by atoms with E-state index in [0.29, 0.717) is 31.7 Å². The van der Waals surface area contributed by atoms with Gasteiger partial charge in [0.15, 0.2) is 0 Å². The van der Waals surface area contributed by atoms with Gasteiger partial charge in [-0.2, -0.15) is 0 Å². The van der Waals surface area contributed by atoms with Gasteiger partial charge in [0.2, 0.25) is 10.0 Å². The number of nitrogens with zero attached hydrogens (tertiary/aromatic N) is 2. The van der Waals surface area contributed by atoms with E-state index in [2.05, 4.69) is 5.32 Å². The molecule has 7 nitrogen and oxygen atoms in total. The third kappa shape index (κ3) is 4.78. The van der Waals surface area contributed by atoms with Gasteiger partial charge in [0.1, 0.15) is 5.69 Å². The summed E-state index contributed by atoms with van der Waals surface area (Å²) in [5.74, 6) is 0. The highest BCUT2D eigenvalue weighted by atomic mass is 32.2. The van der Waals surface area contributed by atoms with Crippen LogP contribution >= 0.6 is 0 Å². The van der Waals surface area contributed by atoms with Crippen molar-refractivity contribution in [1.82, 2.24) is 4.31 Å². The van der Waals surface area contributed by atoms with Crippen LogP contribution in [0.5, 0.6) is 0 Å². The van der Waals surface area contributed by atoms with E-state index in [1.54, 1.807) is 25.1 Å². The summed E-state index contributed by atoms with van der Waals surface area (Å²) in [6.07, 6.45) is 1.75. The monoisotopic (exact) mass is 301 g/mol. The Morgan fingerprint density at radius 3 is 2.55 bits per heavy atom. The number of anilines is 1. The van der Waals surface area contributed by atoms with Crippen molar-refractivity contribution < 1.29 is 13.3 Å². The third-order valence-corrected chi connectivity index (χ3v) is 4.20. The van der Waals surface area contributed by atoms with Gasteiger partial charge in [-0.25, -0.2) is 12.7 Å². The SMILES string of the molecule is CCN(CCCNc1ccccc1[N+](=O)[O-])S(C)(=O)=O. The van der Waals surface area contributed by atoms with Crippen molar-refractivity contribution in [2.24, 2.45) is 0 Å². The Labute approximate surface area is 118 Å². The molecule has 1 aromatic rings. The molecule has 0 saturated carbocycles. The van der Waals surface area contributed by atoms with E-state index in [1.165, 1.54) is 16.6 Å². The minimum atomic E-state index is -3.18. The lowest BCUT2D eigenvalue weighted by atomic mass is 10.2. The molecule has 0 bridgehead atoms. The highest BCUT2D eigenvalue weighted by Crippen LogP contribution is 2.22. The first-order valence-electron chi connectivity index (χ1n) is 6.28. The number of sulfonamides is 1. The number of nitro benzene ring substituents is 1. The predicted octanol–water partition coefficient (Wildman–Crippen LogP) is 1.68. The van der Waals surface area contributed by atoms with E-state index in [1.807, 2.05) is 0 Å². The fourth-order valence-electron chi connectivity index (χ4n) is 1.82. The smallest absolute Gasteiger partial charge is 0.292 e. The highest BCUT2D eigenvalue weighted by molar-refractivity contribution is 7.88. The fourth-order valence-corrected chi connectivity index (χ4v) is 2.75. The summed E-state index contributed by atoms with van der Waals surface area (Å²) in [6, 6.07) is 6.37. The Hall–Kier alpha value is -1.67. The minimum Gasteiger partial charge on any atom is -0.379 e. The van der Waals surface area contributed by atoms with E-state index in [4.69, 9.17) is 0 Å². The lowest BCUT2D eigenvalue weighted by Crippen LogP contribution is -2.31. The van der Waals surface area contributed by atoms with Crippen molar-refractivity contribution >= 4 is 21.4 Å². The second-order valence-electron chi connectivity index (χ2n) is 4.31. The van der Waals surface area contributed by atoms with Gasteiger partial charge in [-0.1, -0.05) is 19.1 Å². The lowest BCUT2D eigenvalue weighted by Gasteiger charge is -2.17. The summed E-state index contributed by atoms with van der Waals surface area (Å²) in [5.41, 5.74) is 0.461. The van der Waals surface area contributed by atoms with E-state index in [9.17, 15) is 18.5 Å². The van der Waals surface area contributed by atoms with Gasteiger partial charge >= 0.3 is 0 Å². The molecule has 1 aromatic carbocycles. The number of nitrogens with one attached hydrogen (secondary N) is 1. The maximum atomic E-state index is 11.4. The van der Waals surface area contributed by atoms with Crippen molar-refractivity contribution in [2.45, 2.75) is 13.3 Å². The van der Waals surface area contributed by atoms with E-state index in [-0.39, 0.29) is 5.69 Å². The van der Waals surface area contributed by atoms with Gasteiger partial charge in [0.25, 0.3) is 5.69 Å². The zero-order chi connectivity index (χ0) is 15.2. The van der Waals surface area contributed by atoms with Crippen LogP contribution in [0.3, 0.4) is 0 Å². The fraction of sp³-hybridized carbons (Fsp3) is 0.500. The molecule has 112 valence electrons. The van der Waals surface area contributed by atoms with Gasteiger partial charge < -0.3 is 5.32 Å². The summed E-state index contributed by atoms with van der Waals surface area (Å²) in [7, 11) is -3.18. The molecule has 1 rings (SSSR count). The van der Waals surface area contributed by atoms with Crippen molar-refractivity contribution in [3.8, 4) is 0 Å². The van der Waals surface area contributed by atoms with E-state index >= 15 is 0 Å². The average Bonchev–Trinajstić information content (AvgIpc) is 2.37. The van der Waals surface area contributed by atoms with Crippen LogP contribution in [0.15, 0.2) is 24.3 Å². The van der Waals surface area contributed by atoms with Crippen LogP contribution in [-0.2, 0) is 10.0 Å². The van der Waals surface area contributed by atoms with Crippen LogP contribution in [0.1, 0.15) is 13.3 Å². The number of rotatable bonds is 8.